The molecule has 1 fully saturated rings. The molecule has 1 heterocycles. The van der Waals surface area contributed by atoms with E-state index in [1.54, 1.807) is 32.8 Å². The van der Waals surface area contributed by atoms with E-state index in [1.165, 1.54) is 13.8 Å². The molecule has 0 aromatic carbocycles. The van der Waals surface area contributed by atoms with E-state index in [0.717, 1.165) is 0 Å². The zero-order valence-electron chi connectivity index (χ0n) is 19.0. The molecule has 1 aliphatic heterocycles. The number of nitro groups is 2. The Morgan fingerprint density at radius 3 is 1.90 bits per heavy atom. The second-order valence-electron chi connectivity index (χ2n) is 8.47. The predicted octanol–water partition coefficient (Wildman–Crippen LogP) is 0.382. The minimum atomic E-state index is -1.11. The van der Waals surface area contributed by atoms with Gasteiger partial charge >= 0.3 is 0 Å². The monoisotopic (exact) mass is 456 g/mol. The van der Waals surface area contributed by atoms with Gasteiger partial charge in [-0.15, -0.1) is 0 Å². The predicted molar refractivity (Wildman–Crippen MR) is 119 cm³/mol. The van der Waals surface area contributed by atoms with Gasteiger partial charge in [-0.2, -0.15) is 0 Å². The number of ether oxygens (including phenoxy) is 1. The Labute approximate surface area is 185 Å². The molecule has 0 bridgehead atoms. The second kappa shape index (κ2) is 17.2. The lowest BCUT2D eigenvalue weighted by molar-refractivity contribution is -0.563. The highest BCUT2D eigenvalue weighted by molar-refractivity contribution is 4.79. The molecule has 31 heavy (non-hydrogen) atoms. The third kappa shape index (κ3) is 19.0. The Morgan fingerprint density at radius 2 is 1.61 bits per heavy atom. The summed E-state index contributed by atoms with van der Waals surface area (Å²) in [6.07, 6.45) is 0.0258. The molecule has 0 radical (unpaired) electrons. The minimum Gasteiger partial charge on any atom is -0.395 e. The first-order valence-corrected chi connectivity index (χ1v) is 9.87. The van der Waals surface area contributed by atoms with E-state index in [0.29, 0.717) is 32.7 Å². The van der Waals surface area contributed by atoms with Crippen molar-refractivity contribution in [3.05, 3.63) is 20.2 Å². The number of aliphatic hydroxyl groups excluding tert-OH is 3. The van der Waals surface area contributed by atoms with Crippen molar-refractivity contribution in [2.75, 3.05) is 53.6 Å². The van der Waals surface area contributed by atoms with E-state index in [9.17, 15) is 25.3 Å². The molecule has 2 unspecified atom stereocenters. The molecule has 0 aromatic rings. The Morgan fingerprint density at radius 1 is 1.13 bits per heavy atom. The van der Waals surface area contributed by atoms with Crippen LogP contribution in [0.4, 0.5) is 0 Å². The van der Waals surface area contributed by atoms with Crippen LogP contribution in [0, 0.1) is 20.2 Å². The van der Waals surface area contributed by atoms with E-state index >= 15 is 0 Å². The van der Waals surface area contributed by atoms with Gasteiger partial charge in [0.25, 0.3) is 0 Å². The van der Waals surface area contributed by atoms with Crippen molar-refractivity contribution < 1.29 is 29.9 Å². The minimum absolute atomic E-state index is 0. The quantitative estimate of drug-likeness (QED) is 0.182. The summed E-state index contributed by atoms with van der Waals surface area (Å²) in [5, 5.41) is 50.0. The van der Waals surface area contributed by atoms with Gasteiger partial charge in [0.2, 0.25) is 11.1 Å². The molecule has 4 N–H and O–H groups in total. The Bertz CT molecular complexity index is 486. The van der Waals surface area contributed by atoms with Crippen molar-refractivity contribution >= 4 is 0 Å². The maximum atomic E-state index is 10.6. The molecule has 12 nitrogen and oxygen atoms in total. The van der Waals surface area contributed by atoms with Crippen LogP contribution in [0.5, 0.6) is 0 Å². The fraction of sp³-hybridized carbons (Fsp3) is 1.00. The number of epoxide rings is 1. The lowest BCUT2D eigenvalue weighted by Crippen LogP contribution is -2.40. The summed E-state index contributed by atoms with van der Waals surface area (Å²) in [7, 11) is 3.55. The number of rotatable bonds is 12. The van der Waals surface area contributed by atoms with Gasteiger partial charge in [0.05, 0.1) is 32.0 Å². The van der Waals surface area contributed by atoms with Crippen molar-refractivity contribution in [1.29, 1.82) is 0 Å². The Hall–Kier alpha value is -1.44. The smallest absolute Gasteiger partial charge is 0.219 e. The van der Waals surface area contributed by atoms with Gasteiger partial charge in [0.1, 0.15) is 0 Å². The van der Waals surface area contributed by atoms with Crippen LogP contribution in [0.15, 0.2) is 0 Å². The number of nitrogens with zero attached hydrogens (tertiary/aromatic N) is 3. The zero-order valence-corrected chi connectivity index (χ0v) is 19.0. The fourth-order valence-corrected chi connectivity index (χ4v) is 2.27. The third-order valence-electron chi connectivity index (χ3n) is 4.22. The third-order valence-corrected chi connectivity index (χ3v) is 4.22. The molecule has 0 aromatic heterocycles. The number of likely N-dealkylation sites (N-methyl/N-ethyl adjacent to an activating group) is 2. The largest absolute Gasteiger partial charge is 0.395 e. The highest BCUT2D eigenvalue weighted by atomic mass is 16.6. The summed E-state index contributed by atoms with van der Waals surface area (Å²) >= 11 is 0. The maximum Gasteiger partial charge on any atom is 0.219 e. The zero-order chi connectivity index (χ0) is 24.0. The van der Waals surface area contributed by atoms with Gasteiger partial charge in [0, 0.05) is 70.0 Å². The van der Waals surface area contributed by atoms with Crippen LogP contribution in [-0.2, 0) is 4.74 Å². The van der Waals surface area contributed by atoms with E-state index in [-0.39, 0.29) is 43.0 Å². The first kappa shape index (κ1) is 34.2. The van der Waals surface area contributed by atoms with E-state index in [2.05, 4.69) is 5.32 Å². The molecule has 1 rings (SSSR count). The average molecular weight is 457 g/mol. The van der Waals surface area contributed by atoms with Gasteiger partial charge in [-0.3, -0.25) is 20.2 Å². The van der Waals surface area contributed by atoms with Crippen molar-refractivity contribution in [3.63, 3.8) is 0 Å². The normalized spacial score (nSPS) is 16.1. The van der Waals surface area contributed by atoms with Crippen LogP contribution >= 0.6 is 0 Å². The molecule has 0 amide bonds. The highest BCUT2D eigenvalue weighted by Crippen LogP contribution is 2.24. The van der Waals surface area contributed by atoms with Crippen molar-refractivity contribution in [3.8, 4) is 0 Å². The van der Waals surface area contributed by atoms with E-state index in [4.69, 9.17) is 14.9 Å². The SMILES string of the molecule is C.CC(C)(CC1CO1)[N+](=O)[O-].CN(CCO)CC(O)CC(C)(C)[N+](=O)[O-].CNCCO. The summed E-state index contributed by atoms with van der Waals surface area (Å²) in [6.45, 7) is 8.64. The van der Waals surface area contributed by atoms with Crippen LogP contribution in [-0.4, -0.2) is 107 Å². The first-order chi connectivity index (χ1) is 13.7. The summed E-state index contributed by atoms with van der Waals surface area (Å²) in [4.78, 5) is 22.0. The summed E-state index contributed by atoms with van der Waals surface area (Å²) in [5.41, 5.74) is -1.93. The lowest BCUT2D eigenvalue weighted by atomic mass is 9.97. The van der Waals surface area contributed by atoms with Crippen LogP contribution in [0.25, 0.3) is 0 Å². The van der Waals surface area contributed by atoms with Gasteiger partial charge < -0.3 is 30.3 Å². The van der Waals surface area contributed by atoms with E-state index in [1.807, 2.05) is 0 Å². The molecular formula is C19H44N4O8. The van der Waals surface area contributed by atoms with Crippen molar-refractivity contribution in [2.45, 2.75) is 71.2 Å². The Kier molecular flexibility index (Phi) is 18.9. The molecule has 188 valence electrons. The molecule has 0 spiro atoms. The average Bonchev–Trinajstić information content (AvgIpc) is 3.39. The second-order valence-corrected chi connectivity index (χ2v) is 8.47. The highest BCUT2D eigenvalue weighted by Gasteiger charge is 2.39. The number of nitrogens with one attached hydrogen (secondary N) is 1. The van der Waals surface area contributed by atoms with Gasteiger partial charge in [0.15, 0.2) is 0 Å². The maximum absolute atomic E-state index is 10.6. The van der Waals surface area contributed by atoms with Gasteiger partial charge in [-0.1, -0.05) is 7.43 Å². The Balaban J connectivity index is -0.000000421. The summed E-state index contributed by atoms with van der Waals surface area (Å²) < 4.78 is 4.89. The van der Waals surface area contributed by atoms with Crippen LogP contribution in [0.3, 0.4) is 0 Å². The standard InChI is InChI=1S/C9H20N2O4.C6H11NO3.C3H9NO.CH4/c1-9(2,11(14)15)6-8(13)7-10(3)4-5-12;1-6(2,7(8)9)3-5-4-10-5;1-4-2-3-5;/h8,12-13H,4-7H2,1-3H3;5H,3-4H2,1-2H3;4-5H,2-3H2,1H3;1H4. The summed E-state index contributed by atoms with van der Waals surface area (Å²) in [5.74, 6) is 0. The molecule has 2 atom stereocenters. The molecule has 0 aliphatic carbocycles. The first-order valence-electron chi connectivity index (χ1n) is 9.87. The number of hydrogen-bond acceptors (Lipinski definition) is 10. The van der Waals surface area contributed by atoms with Gasteiger partial charge in [-0.25, -0.2) is 0 Å². The van der Waals surface area contributed by atoms with Crippen molar-refractivity contribution in [1.82, 2.24) is 10.2 Å². The summed E-state index contributed by atoms with van der Waals surface area (Å²) in [6, 6.07) is 0. The van der Waals surface area contributed by atoms with Crippen LogP contribution in [0.2, 0.25) is 0 Å². The van der Waals surface area contributed by atoms with Gasteiger partial charge in [-0.05, 0) is 14.1 Å². The fourth-order valence-electron chi connectivity index (χ4n) is 2.27. The van der Waals surface area contributed by atoms with E-state index < -0.39 is 17.2 Å². The topological polar surface area (TPSA) is 175 Å². The lowest BCUT2D eigenvalue weighted by Gasteiger charge is -2.23. The number of aliphatic hydroxyl groups is 3. The molecule has 1 aliphatic rings. The van der Waals surface area contributed by atoms with Crippen LogP contribution in [0.1, 0.15) is 48.0 Å². The van der Waals surface area contributed by atoms with Crippen LogP contribution < -0.4 is 5.32 Å². The van der Waals surface area contributed by atoms with Crippen molar-refractivity contribution in [2.24, 2.45) is 0 Å². The number of hydrogen-bond donors (Lipinski definition) is 4. The molecular weight excluding hydrogens is 412 g/mol. The molecule has 12 heteroatoms. The molecule has 0 saturated carbocycles. The molecule has 1 saturated heterocycles.